The fraction of sp³-hybridized carbons (Fsp3) is 0.500. The summed E-state index contributed by atoms with van der Waals surface area (Å²) in [7, 11) is -1.99. The summed E-state index contributed by atoms with van der Waals surface area (Å²) in [6.07, 6.45) is 1.61. The van der Waals surface area contributed by atoms with Gasteiger partial charge in [-0.2, -0.15) is 4.31 Å². The van der Waals surface area contributed by atoms with Gasteiger partial charge in [0, 0.05) is 19.1 Å². The van der Waals surface area contributed by atoms with Crippen molar-refractivity contribution in [1.29, 1.82) is 0 Å². The van der Waals surface area contributed by atoms with Gasteiger partial charge >= 0.3 is 0 Å². The lowest BCUT2D eigenvalue weighted by Crippen LogP contribution is -2.41. The molecule has 7 heteroatoms. The molecule has 1 aliphatic heterocycles. The van der Waals surface area contributed by atoms with Gasteiger partial charge in [0.2, 0.25) is 10.0 Å². The first-order chi connectivity index (χ1) is 8.98. The fourth-order valence-corrected chi connectivity index (χ4v) is 4.65. The highest BCUT2D eigenvalue weighted by Crippen LogP contribution is 2.29. The van der Waals surface area contributed by atoms with Crippen LogP contribution in [0.2, 0.25) is 0 Å². The second-order valence-corrected chi connectivity index (χ2v) is 7.23. The van der Waals surface area contributed by atoms with Crippen LogP contribution in [-0.4, -0.2) is 38.9 Å². The van der Waals surface area contributed by atoms with E-state index >= 15 is 0 Å². The van der Waals surface area contributed by atoms with E-state index in [0.717, 1.165) is 12.8 Å². The van der Waals surface area contributed by atoms with Crippen LogP contribution in [0.15, 0.2) is 27.6 Å². The minimum Gasteiger partial charge on any atom is -0.318 e. The maximum Gasteiger partial charge on any atom is 0.246 e. The number of hydrogen-bond acceptors (Lipinski definition) is 3. The van der Waals surface area contributed by atoms with E-state index in [1.807, 2.05) is 0 Å². The third-order valence-electron chi connectivity index (χ3n) is 3.27. The molecule has 4 nitrogen and oxygen atoms in total. The molecule has 1 unspecified atom stereocenters. The van der Waals surface area contributed by atoms with Gasteiger partial charge in [-0.15, -0.1) is 0 Å². The molecule has 19 heavy (non-hydrogen) atoms. The number of nitrogens with zero attached hydrogens (tertiary/aromatic N) is 1. The molecule has 1 saturated heterocycles. The Morgan fingerprint density at radius 1 is 1.53 bits per heavy atom. The van der Waals surface area contributed by atoms with Gasteiger partial charge in [0.05, 0.1) is 4.47 Å². The first kappa shape index (κ1) is 14.9. The van der Waals surface area contributed by atoms with Crippen LogP contribution in [0.4, 0.5) is 4.39 Å². The molecular formula is C12H16BrFN2O2S. The average molecular weight is 351 g/mol. The number of rotatable bonds is 4. The van der Waals surface area contributed by atoms with Crippen molar-refractivity contribution in [1.82, 2.24) is 9.62 Å². The molecule has 0 radical (unpaired) electrons. The van der Waals surface area contributed by atoms with Gasteiger partial charge < -0.3 is 5.32 Å². The highest BCUT2D eigenvalue weighted by atomic mass is 79.9. The second kappa shape index (κ2) is 5.87. The fourth-order valence-electron chi connectivity index (χ4n) is 2.37. The van der Waals surface area contributed by atoms with E-state index < -0.39 is 15.8 Å². The van der Waals surface area contributed by atoms with E-state index in [1.54, 1.807) is 7.05 Å². The van der Waals surface area contributed by atoms with Crippen LogP contribution in [0.5, 0.6) is 0 Å². The van der Waals surface area contributed by atoms with Crippen LogP contribution in [0.25, 0.3) is 0 Å². The Bertz CT molecular complexity index is 565. The predicted octanol–water partition coefficient (Wildman–Crippen LogP) is 1.96. The summed E-state index contributed by atoms with van der Waals surface area (Å²) < 4.78 is 40.6. The van der Waals surface area contributed by atoms with Crippen molar-refractivity contribution in [3.63, 3.8) is 0 Å². The SMILES string of the molecule is CNCC1CCCN1S(=O)(=O)c1cccc(Br)c1F. The van der Waals surface area contributed by atoms with Crippen LogP contribution in [-0.2, 0) is 10.0 Å². The van der Waals surface area contributed by atoms with Gasteiger partial charge in [0.25, 0.3) is 0 Å². The average Bonchev–Trinajstić information content (AvgIpc) is 2.82. The molecule has 1 N–H and O–H groups in total. The molecule has 0 aliphatic carbocycles. The van der Waals surface area contributed by atoms with Gasteiger partial charge in [-0.3, -0.25) is 0 Å². The highest BCUT2D eigenvalue weighted by Gasteiger charge is 2.36. The van der Waals surface area contributed by atoms with Crippen LogP contribution < -0.4 is 5.32 Å². The largest absolute Gasteiger partial charge is 0.318 e. The van der Waals surface area contributed by atoms with Crippen molar-refractivity contribution in [2.75, 3.05) is 20.1 Å². The summed E-state index contributed by atoms with van der Waals surface area (Å²) in [6.45, 7) is 1.02. The smallest absolute Gasteiger partial charge is 0.246 e. The molecule has 1 heterocycles. The summed E-state index contributed by atoms with van der Waals surface area (Å²) in [4.78, 5) is -0.259. The van der Waals surface area contributed by atoms with Crippen molar-refractivity contribution in [2.45, 2.75) is 23.8 Å². The number of nitrogens with one attached hydrogen (secondary N) is 1. The highest BCUT2D eigenvalue weighted by molar-refractivity contribution is 9.10. The zero-order valence-corrected chi connectivity index (χ0v) is 13.0. The third-order valence-corrected chi connectivity index (χ3v) is 5.85. The molecule has 2 rings (SSSR count). The first-order valence-corrected chi connectivity index (χ1v) is 8.32. The quantitative estimate of drug-likeness (QED) is 0.902. The van der Waals surface area contributed by atoms with Crippen molar-refractivity contribution < 1.29 is 12.8 Å². The van der Waals surface area contributed by atoms with Crippen molar-refractivity contribution in [3.05, 3.63) is 28.5 Å². The van der Waals surface area contributed by atoms with Crippen LogP contribution >= 0.6 is 15.9 Å². The molecule has 106 valence electrons. The normalized spacial score (nSPS) is 20.9. The maximum atomic E-state index is 14.0. The number of halogens is 2. The summed E-state index contributed by atoms with van der Waals surface area (Å²) in [5.41, 5.74) is 0. The van der Waals surface area contributed by atoms with Crippen molar-refractivity contribution >= 4 is 26.0 Å². The molecule has 0 aromatic heterocycles. The molecule has 1 fully saturated rings. The van der Waals surface area contributed by atoms with E-state index in [4.69, 9.17) is 0 Å². The molecule has 1 aliphatic rings. The van der Waals surface area contributed by atoms with Crippen LogP contribution in [0.3, 0.4) is 0 Å². The Labute approximate surface area is 121 Å². The summed E-state index contributed by atoms with van der Waals surface area (Å²) in [5, 5.41) is 2.98. The van der Waals surface area contributed by atoms with E-state index in [0.29, 0.717) is 13.1 Å². The van der Waals surface area contributed by atoms with E-state index in [-0.39, 0.29) is 15.4 Å². The van der Waals surface area contributed by atoms with E-state index in [1.165, 1.54) is 22.5 Å². The Morgan fingerprint density at radius 3 is 2.95 bits per heavy atom. The van der Waals surface area contributed by atoms with Gasteiger partial charge in [-0.05, 0) is 48.0 Å². The Kier molecular flexibility index (Phi) is 4.60. The van der Waals surface area contributed by atoms with Gasteiger partial charge in [-0.1, -0.05) is 6.07 Å². The van der Waals surface area contributed by atoms with Gasteiger partial charge in [0.15, 0.2) is 5.82 Å². The minimum atomic E-state index is -3.77. The van der Waals surface area contributed by atoms with Crippen LogP contribution in [0.1, 0.15) is 12.8 Å². The number of likely N-dealkylation sites (N-methyl/N-ethyl adjacent to an activating group) is 1. The number of hydrogen-bond donors (Lipinski definition) is 1. The standard InChI is InChI=1S/C12H16BrFN2O2S/c1-15-8-9-4-3-7-16(9)19(17,18)11-6-2-5-10(13)12(11)14/h2,5-6,9,15H,3-4,7-8H2,1H3. The zero-order chi connectivity index (χ0) is 14.0. The molecule has 1 atom stereocenters. The Morgan fingerprint density at radius 2 is 2.26 bits per heavy atom. The number of benzene rings is 1. The molecule has 0 saturated carbocycles. The molecular weight excluding hydrogens is 335 g/mol. The lowest BCUT2D eigenvalue weighted by atomic mass is 10.2. The molecule has 0 bridgehead atoms. The zero-order valence-electron chi connectivity index (χ0n) is 10.6. The molecule has 1 aromatic carbocycles. The molecule has 1 aromatic rings. The molecule has 0 spiro atoms. The lowest BCUT2D eigenvalue weighted by Gasteiger charge is -2.24. The topological polar surface area (TPSA) is 49.4 Å². The summed E-state index contributed by atoms with van der Waals surface area (Å²) in [5.74, 6) is -0.724. The second-order valence-electron chi connectivity index (χ2n) is 4.52. The Balaban J connectivity index is 2.39. The molecule has 0 amide bonds. The monoisotopic (exact) mass is 350 g/mol. The van der Waals surface area contributed by atoms with Gasteiger partial charge in [-0.25, -0.2) is 12.8 Å². The predicted molar refractivity (Wildman–Crippen MR) is 74.9 cm³/mol. The van der Waals surface area contributed by atoms with Crippen molar-refractivity contribution in [2.24, 2.45) is 0 Å². The maximum absolute atomic E-state index is 14.0. The van der Waals surface area contributed by atoms with E-state index in [2.05, 4.69) is 21.2 Å². The summed E-state index contributed by atoms with van der Waals surface area (Å²) in [6, 6.07) is 4.23. The minimum absolute atomic E-state index is 0.103. The summed E-state index contributed by atoms with van der Waals surface area (Å²) >= 11 is 3.02. The Hall–Kier alpha value is -0.500. The number of sulfonamides is 1. The van der Waals surface area contributed by atoms with Gasteiger partial charge in [0.1, 0.15) is 4.90 Å². The van der Waals surface area contributed by atoms with Crippen LogP contribution in [0, 0.1) is 5.82 Å². The van der Waals surface area contributed by atoms with E-state index in [9.17, 15) is 12.8 Å². The first-order valence-electron chi connectivity index (χ1n) is 6.09. The van der Waals surface area contributed by atoms with Crippen molar-refractivity contribution in [3.8, 4) is 0 Å². The third kappa shape index (κ3) is 2.84. The lowest BCUT2D eigenvalue weighted by molar-refractivity contribution is 0.376.